The van der Waals surface area contributed by atoms with Crippen molar-refractivity contribution in [1.29, 1.82) is 0 Å². The van der Waals surface area contributed by atoms with Gasteiger partial charge in [0, 0.05) is 70.8 Å². The molecule has 13 heteroatoms. The van der Waals surface area contributed by atoms with Gasteiger partial charge in [0.15, 0.2) is 0 Å². The minimum atomic E-state index is -0.740. The molecule has 3 aromatic heterocycles. The zero-order valence-electron chi connectivity index (χ0n) is 56.7. The Hall–Kier alpha value is -8.61. The molecule has 2 aliphatic carbocycles. The zero-order chi connectivity index (χ0) is 65.3. The summed E-state index contributed by atoms with van der Waals surface area (Å²) >= 11 is 6.37. The number of ether oxygens (including phenoxy) is 2. The molecular weight excluding hydrogens is 1200 g/mol. The molecule has 0 bridgehead atoms. The average Bonchev–Trinajstić information content (AvgIpc) is 1.47. The normalized spacial score (nSPS) is 14.1. The maximum Gasteiger partial charge on any atom is 0.244 e. The number of aromatic nitrogens is 4. The minimum Gasteiger partial charge on any atom is -1.00 e. The van der Waals surface area contributed by atoms with Crippen LogP contribution in [-0.2, 0) is 12.1 Å². The number of halogens is 2. The number of fused-ring (bicyclic) bond motifs is 2. The Kier molecular flexibility index (Phi) is 22.2. The summed E-state index contributed by atoms with van der Waals surface area (Å²) in [6, 6.07) is 66.1. The number of pyridine rings is 2. The standard InChI is InChI=1S/C34H26ClN3O.C27H39N2.C18H19N3O.C2H7N.ClH/c35-32-22-24(20-21-36-32)33-30-23-29(39-28-16-17-28)18-19-31(30)38(37-33)34(25-10-4-1-5-11-25,26-12-6-2-7-13-26)27-14-8-3-9-15-27;1-18(2)22-11-9-12-23(19(3)4)26(22)28-15-16-29(17-28)27-24(20(5)6)13-10-14-25(27)21(7)8;1-21(2)17-9-12(7-8-19-17)18-16-10-15(22-14-5-6-14)4-3-13(16)11-20-18;1-3-2;/h1-15,18-23,28H,16-17H2;9-14,17-21H,15-16H2,1-8H3;3-4,7-10,14H,5-6,11H2,1-2H3;3H,1-2H3;1H/q;+1;;;/p-1. The largest absolute Gasteiger partial charge is 1.00 e. The summed E-state index contributed by atoms with van der Waals surface area (Å²) < 4.78 is 16.8. The quantitative estimate of drug-likeness (QED) is 0.0547. The van der Waals surface area contributed by atoms with E-state index in [9.17, 15) is 0 Å². The zero-order valence-corrected chi connectivity index (χ0v) is 58.2. The van der Waals surface area contributed by atoms with Gasteiger partial charge in [-0.3, -0.25) is 4.99 Å². The molecule has 486 valence electrons. The second-order valence-electron chi connectivity index (χ2n) is 26.2. The van der Waals surface area contributed by atoms with Crippen LogP contribution in [0.25, 0.3) is 22.2 Å². The van der Waals surface area contributed by atoms with Crippen LogP contribution in [0, 0.1) is 0 Å². The number of nitrogens with zero attached hydrogens (tertiary/aromatic N) is 8. The van der Waals surface area contributed by atoms with Crippen LogP contribution in [0.5, 0.6) is 11.5 Å². The number of anilines is 2. The van der Waals surface area contributed by atoms with Crippen molar-refractivity contribution in [1.82, 2.24) is 25.1 Å². The molecule has 1 N–H and O–H groups in total. The maximum atomic E-state index is 6.37. The van der Waals surface area contributed by atoms with Crippen molar-refractivity contribution in [2.24, 2.45) is 4.99 Å². The molecule has 7 aromatic carbocycles. The van der Waals surface area contributed by atoms with E-state index in [4.69, 9.17) is 31.2 Å². The minimum absolute atomic E-state index is 0. The highest BCUT2D eigenvalue weighted by atomic mass is 35.5. The van der Waals surface area contributed by atoms with Gasteiger partial charge in [-0.2, -0.15) is 5.10 Å². The van der Waals surface area contributed by atoms with Gasteiger partial charge in [-0.1, -0.05) is 200 Å². The Labute approximate surface area is 569 Å². The SMILES string of the molecule is CC(C)c1cccc(C(C)C)c1N1C=[N+](c2c(C(C)C)cccc2C(C)C)CC1.CN(C)c1cc(C2=NCc3ccc(OC4CC4)cc32)ccn1.CNC.Clc1cc(-c2nn(C(c3ccccc3)(c3ccccc3)c3ccccc3)c3ccc(OC4CC4)cc23)ccn1.[Cl-]. The summed E-state index contributed by atoms with van der Waals surface area (Å²) in [5.74, 6) is 4.81. The number of rotatable bonds is 17. The van der Waals surface area contributed by atoms with Crippen LogP contribution in [0.2, 0.25) is 5.15 Å². The predicted molar refractivity (Wildman–Crippen MR) is 387 cm³/mol. The highest BCUT2D eigenvalue weighted by molar-refractivity contribution is 6.29. The van der Waals surface area contributed by atoms with Crippen LogP contribution in [0.4, 0.5) is 17.2 Å². The van der Waals surface area contributed by atoms with Crippen molar-refractivity contribution in [2.75, 3.05) is 51.1 Å². The van der Waals surface area contributed by atoms with Crippen molar-refractivity contribution in [2.45, 2.75) is 129 Å². The average molecular weight is 1290 g/mol. The van der Waals surface area contributed by atoms with Crippen LogP contribution < -0.4 is 37.0 Å². The number of hydrogen-bond acceptors (Lipinski definition) is 9. The molecule has 2 fully saturated rings. The Morgan fingerprint density at radius 3 is 1.59 bits per heavy atom. The van der Waals surface area contributed by atoms with Gasteiger partial charge in [0.25, 0.3) is 0 Å². The summed E-state index contributed by atoms with van der Waals surface area (Å²) in [5, 5.41) is 9.60. The smallest absolute Gasteiger partial charge is 0.244 e. The highest BCUT2D eigenvalue weighted by Crippen LogP contribution is 2.46. The molecule has 0 unspecified atom stereocenters. The van der Waals surface area contributed by atoms with E-state index in [-0.39, 0.29) is 12.4 Å². The highest BCUT2D eigenvalue weighted by Gasteiger charge is 2.41. The maximum absolute atomic E-state index is 6.37. The van der Waals surface area contributed by atoms with E-state index in [0.29, 0.717) is 41.0 Å². The Morgan fingerprint density at radius 1 is 0.574 bits per heavy atom. The van der Waals surface area contributed by atoms with E-state index >= 15 is 0 Å². The molecule has 5 heterocycles. The summed E-state index contributed by atoms with van der Waals surface area (Å²) in [7, 11) is 7.75. The summed E-state index contributed by atoms with van der Waals surface area (Å²) in [6.45, 7) is 21.3. The van der Waals surface area contributed by atoms with E-state index in [0.717, 1.165) is 99.9 Å². The topological polar surface area (TPSA) is 95.9 Å². The first-order valence-corrected chi connectivity index (χ1v) is 33.6. The molecular formula is C81H91Cl2N9O2. The molecule has 10 aromatic rings. The summed E-state index contributed by atoms with van der Waals surface area (Å²) in [4.78, 5) is 17.8. The van der Waals surface area contributed by atoms with Gasteiger partial charge in [-0.05, 0) is 140 Å². The third-order valence-electron chi connectivity index (χ3n) is 17.5. The molecule has 0 radical (unpaired) electrons. The van der Waals surface area contributed by atoms with E-state index in [1.165, 1.54) is 57.6 Å². The van der Waals surface area contributed by atoms with Crippen molar-refractivity contribution in [3.8, 4) is 22.8 Å². The molecule has 0 saturated heterocycles. The fourth-order valence-electron chi connectivity index (χ4n) is 12.7. The van der Waals surface area contributed by atoms with Crippen LogP contribution >= 0.6 is 11.6 Å². The van der Waals surface area contributed by atoms with E-state index in [1.807, 2.05) is 57.5 Å². The number of benzene rings is 7. The first-order valence-electron chi connectivity index (χ1n) is 33.3. The lowest BCUT2D eigenvalue weighted by Crippen LogP contribution is -3.00. The van der Waals surface area contributed by atoms with Gasteiger partial charge in [-0.15, -0.1) is 0 Å². The van der Waals surface area contributed by atoms with Gasteiger partial charge in [0.05, 0.1) is 30.0 Å². The Balaban J connectivity index is 0.000000156. The fourth-order valence-corrected chi connectivity index (χ4v) is 12.8. The van der Waals surface area contributed by atoms with Gasteiger partial charge in [-0.25, -0.2) is 24.1 Å². The van der Waals surface area contributed by atoms with Crippen LogP contribution in [0.1, 0.15) is 160 Å². The fraction of sp³-hybridized carbons (Fsp3) is 0.321. The molecule has 4 aliphatic rings. The third-order valence-corrected chi connectivity index (χ3v) is 17.7. The number of nitrogens with one attached hydrogen (secondary N) is 1. The number of aliphatic imine (C=N–C) groups is 1. The molecule has 0 amide bonds. The van der Waals surface area contributed by atoms with Gasteiger partial charge >= 0.3 is 0 Å². The van der Waals surface area contributed by atoms with Crippen molar-refractivity contribution >= 4 is 51.7 Å². The molecule has 2 aliphatic heterocycles. The molecule has 14 rings (SSSR count). The first kappa shape index (κ1) is 68.3. The Bertz CT molecular complexity index is 4080. The lowest BCUT2D eigenvalue weighted by Gasteiger charge is -2.37. The van der Waals surface area contributed by atoms with Crippen LogP contribution in [-0.4, -0.2) is 89.9 Å². The number of hydrogen-bond donors (Lipinski definition) is 1. The van der Waals surface area contributed by atoms with Crippen molar-refractivity contribution < 1.29 is 26.5 Å². The van der Waals surface area contributed by atoms with Crippen LogP contribution in [0.15, 0.2) is 205 Å². The predicted octanol–water partition coefficient (Wildman–Crippen LogP) is 15.4. The second kappa shape index (κ2) is 30.6. The monoisotopic (exact) mass is 1290 g/mol. The third kappa shape index (κ3) is 15.1. The van der Waals surface area contributed by atoms with Crippen molar-refractivity contribution in [3.63, 3.8) is 0 Å². The molecule has 0 spiro atoms. The lowest BCUT2D eigenvalue weighted by atomic mass is 9.77. The van der Waals surface area contributed by atoms with E-state index in [1.54, 1.807) is 6.20 Å². The molecule has 11 nitrogen and oxygen atoms in total. The summed E-state index contributed by atoms with van der Waals surface area (Å²) in [5.41, 5.74) is 18.6. The van der Waals surface area contributed by atoms with Crippen LogP contribution in [0.3, 0.4) is 0 Å². The second-order valence-corrected chi connectivity index (χ2v) is 26.6. The van der Waals surface area contributed by atoms with E-state index in [2.05, 4.69) is 261 Å². The Morgan fingerprint density at radius 2 is 1.07 bits per heavy atom. The van der Waals surface area contributed by atoms with Gasteiger partial charge in [0.2, 0.25) is 6.34 Å². The van der Waals surface area contributed by atoms with Gasteiger partial charge < -0.3 is 32.1 Å². The summed E-state index contributed by atoms with van der Waals surface area (Å²) in [6.07, 6.45) is 11.2. The first-order chi connectivity index (χ1) is 45.1. The van der Waals surface area contributed by atoms with Gasteiger partial charge in [0.1, 0.15) is 58.2 Å². The lowest BCUT2D eigenvalue weighted by molar-refractivity contribution is -0.425. The van der Waals surface area contributed by atoms with Crippen molar-refractivity contribution in [3.05, 3.63) is 261 Å². The molecule has 94 heavy (non-hydrogen) atoms. The number of para-hydroxylation sites is 2. The molecule has 2 saturated carbocycles. The molecule has 0 atom stereocenters. The van der Waals surface area contributed by atoms with E-state index < -0.39 is 5.54 Å².